The van der Waals surface area contributed by atoms with Gasteiger partial charge in [0.2, 0.25) is 5.91 Å². The maximum absolute atomic E-state index is 10.9. The van der Waals surface area contributed by atoms with Gasteiger partial charge in [0.15, 0.2) is 5.13 Å². The molecule has 2 aromatic rings. The van der Waals surface area contributed by atoms with Crippen LogP contribution in [0.1, 0.15) is 17.6 Å². The molecule has 1 amide bonds. The number of nitrogens with one attached hydrogen (secondary N) is 2. The molecule has 0 unspecified atom stereocenters. The fourth-order valence-corrected chi connectivity index (χ4v) is 2.37. The second-order valence-corrected chi connectivity index (χ2v) is 5.21. The monoisotopic (exact) mass is 280 g/mol. The summed E-state index contributed by atoms with van der Waals surface area (Å²) in [4.78, 5) is 16.1. The molecule has 0 radical (unpaired) electrons. The summed E-state index contributed by atoms with van der Waals surface area (Å²) in [5.74, 6) is 0.854. The predicted molar refractivity (Wildman–Crippen MR) is 72.8 cm³/mol. The van der Waals surface area contributed by atoms with Gasteiger partial charge in [-0.15, -0.1) is 21.5 Å². The van der Waals surface area contributed by atoms with Gasteiger partial charge in [0.1, 0.15) is 12.2 Å². The molecule has 2 N–H and O–H groups in total. The lowest BCUT2D eigenvalue weighted by Crippen LogP contribution is -2.17. The van der Waals surface area contributed by atoms with Crippen molar-refractivity contribution in [3.63, 3.8) is 0 Å². The third-order valence-electron chi connectivity index (χ3n) is 2.47. The summed E-state index contributed by atoms with van der Waals surface area (Å²) in [7, 11) is 1.93. The maximum atomic E-state index is 10.9. The normalized spacial score (nSPS) is 10.6. The lowest BCUT2D eigenvalue weighted by Gasteiger charge is -2.02. The zero-order chi connectivity index (χ0) is 13.7. The van der Waals surface area contributed by atoms with Crippen LogP contribution in [0.25, 0.3) is 0 Å². The third kappa shape index (κ3) is 4.11. The Hall–Kier alpha value is -1.80. The van der Waals surface area contributed by atoms with Crippen molar-refractivity contribution < 1.29 is 4.79 Å². The van der Waals surface area contributed by atoms with Crippen molar-refractivity contribution in [2.24, 2.45) is 7.05 Å². The van der Waals surface area contributed by atoms with E-state index in [1.807, 2.05) is 11.6 Å². The Balaban J connectivity index is 1.72. The molecule has 0 aliphatic carbocycles. The summed E-state index contributed by atoms with van der Waals surface area (Å²) >= 11 is 1.47. The van der Waals surface area contributed by atoms with E-state index in [1.54, 1.807) is 12.5 Å². The van der Waals surface area contributed by atoms with E-state index in [9.17, 15) is 4.79 Å². The van der Waals surface area contributed by atoms with Gasteiger partial charge in [-0.2, -0.15) is 0 Å². The van der Waals surface area contributed by atoms with Crippen LogP contribution < -0.4 is 10.6 Å². The summed E-state index contributed by atoms with van der Waals surface area (Å²) in [6.45, 7) is 3.02. The average molecular weight is 280 g/mol. The van der Waals surface area contributed by atoms with E-state index in [0.29, 0.717) is 5.13 Å². The highest BCUT2D eigenvalue weighted by Gasteiger charge is 2.04. The predicted octanol–water partition coefficient (Wildman–Crippen LogP) is 0.562. The highest BCUT2D eigenvalue weighted by Crippen LogP contribution is 2.17. The number of carbonyl (C=O) groups is 1. The molecule has 0 bridgehead atoms. The number of hydrogen-bond donors (Lipinski definition) is 2. The van der Waals surface area contributed by atoms with Gasteiger partial charge in [-0.25, -0.2) is 4.98 Å². The van der Waals surface area contributed by atoms with E-state index in [2.05, 4.69) is 25.8 Å². The Morgan fingerprint density at radius 1 is 1.53 bits per heavy atom. The minimum Gasteiger partial charge on any atom is -0.321 e. The van der Waals surface area contributed by atoms with E-state index in [4.69, 9.17) is 0 Å². The molecular formula is C11H16N6OS. The number of nitrogens with zero attached hydrogens (tertiary/aromatic N) is 4. The Morgan fingerprint density at radius 3 is 3.05 bits per heavy atom. The van der Waals surface area contributed by atoms with Gasteiger partial charge >= 0.3 is 0 Å². The van der Waals surface area contributed by atoms with Crippen LogP contribution in [-0.4, -0.2) is 32.2 Å². The number of aromatic nitrogens is 4. The first-order chi connectivity index (χ1) is 9.15. The van der Waals surface area contributed by atoms with Gasteiger partial charge < -0.3 is 15.2 Å². The molecule has 2 aromatic heterocycles. The first kappa shape index (κ1) is 13.6. The molecule has 19 heavy (non-hydrogen) atoms. The lowest BCUT2D eigenvalue weighted by atomic mass is 10.4. The van der Waals surface area contributed by atoms with Gasteiger partial charge in [-0.1, -0.05) is 0 Å². The summed E-state index contributed by atoms with van der Waals surface area (Å²) in [6.07, 6.45) is 4.29. The Kier molecular flexibility index (Phi) is 4.58. The van der Waals surface area contributed by atoms with Crippen LogP contribution in [0.3, 0.4) is 0 Å². The average Bonchev–Trinajstić information content (AvgIpc) is 2.94. The van der Waals surface area contributed by atoms with Crippen LogP contribution in [0, 0.1) is 0 Å². The van der Waals surface area contributed by atoms with Crippen molar-refractivity contribution in [3.05, 3.63) is 23.2 Å². The van der Waals surface area contributed by atoms with E-state index in [1.165, 1.54) is 18.3 Å². The van der Waals surface area contributed by atoms with Crippen molar-refractivity contribution in [2.75, 3.05) is 11.9 Å². The molecule has 0 aromatic carbocycles. The SMILES string of the molecule is CC(=O)Nc1ncc(CNCCc2nncn2C)s1. The summed E-state index contributed by atoms with van der Waals surface area (Å²) in [5.41, 5.74) is 0. The number of anilines is 1. The largest absolute Gasteiger partial charge is 0.321 e. The molecule has 8 heteroatoms. The number of hydrogen-bond acceptors (Lipinski definition) is 6. The number of amides is 1. The van der Waals surface area contributed by atoms with Crippen molar-refractivity contribution in [1.29, 1.82) is 0 Å². The highest BCUT2D eigenvalue weighted by molar-refractivity contribution is 7.15. The van der Waals surface area contributed by atoms with E-state index >= 15 is 0 Å². The second-order valence-electron chi connectivity index (χ2n) is 4.10. The minimum absolute atomic E-state index is 0.101. The van der Waals surface area contributed by atoms with Gasteiger partial charge in [-0.05, 0) is 0 Å². The smallest absolute Gasteiger partial charge is 0.223 e. The van der Waals surface area contributed by atoms with Crippen LogP contribution in [0.5, 0.6) is 0 Å². The zero-order valence-electron chi connectivity index (χ0n) is 10.9. The first-order valence-corrected chi connectivity index (χ1v) is 6.72. The number of rotatable bonds is 6. The molecule has 0 aliphatic rings. The molecule has 0 fully saturated rings. The van der Waals surface area contributed by atoms with Crippen molar-refractivity contribution in [3.8, 4) is 0 Å². The van der Waals surface area contributed by atoms with Crippen LogP contribution >= 0.6 is 11.3 Å². The molecule has 0 saturated carbocycles. The molecule has 0 atom stereocenters. The van der Waals surface area contributed by atoms with E-state index < -0.39 is 0 Å². The standard InChI is InChI=1S/C11H16N6OS/c1-8(18)15-11-13-6-9(19-11)5-12-4-3-10-16-14-7-17(10)2/h6-7,12H,3-5H2,1-2H3,(H,13,15,18). The van der Waals surface area contributed by atoms with Crippen molar-refractivity contribution in [1.82, 2.24) is 25.1 Å². The van der Waals surface area contributed by atoms with Gasteiger partial charge in [-0.3, -0.25) is 4.79 Å². The van der Waals surface area contributed by atoms with Gasteiger partial charge in [0, 0.05) is 44.6 Å². The lowest BCUT2D eigenvalue weighted by molar-refractivity contribution is -0.114. The Bertz CT molecular complexity index is 549. The van der Waals surface area contributed by atoms with Crippen LogP contribution in [0.2, 0.25) is 0 Å². The van der Waals surface area contributed by atoms with Crippen molar-refractivity contribution in [2.45, 2.75) is 19.9 Å². The van der Waals surface area contributed by atoms with Crippen LogP contribution in [0.4, 0.5) is 5.13 Å². The van der Waals surface area contributed by atoms with E-state index in [-0.39, 0.29) is 5.91 Å². The van der Waals surface area contributed by atoms with Gasteiger partial charge in [0.05, 0.1) is 0 Å². The summed E-state index contributed by atoms with van der Waals surface area (Å²) in [6, 6.07) is 0. The van der Waals surface area contributed by atoms with Gasteiger partial charge in [0.25, 0.3) is 0 Å². The molecular weight excluding hydrogens is 264 g/mol. The van der Waals surface area contributed by atoms with Crippen molar-refractivity contribution >= 4 is 22.4 Å². The molecule has 0 aliphatic heterocycles. The van der Waals surface area contributed by atoms with E-state index in [0.717, 1.165) is 30.2 Å². The fraction of sp³-hybridized carbons (Fsp3) is 0.455. The second kappa shape index (κ2) is 6.39. The summed E-state index contributed by atoms with van der Waals surface area (Å²) < 4.78 is 1.91. The highest BCUT2D eigenvalue weighted by atomic mass is 32.1. The molecule has 2 heterocycles. The summed E-state index contributed by atoms with van der Waals surface area (Å²) in [5, 5.41) is 14.5. The minimum atomic E-state index is -0.101. The van der Waals surface area contributed by atoms with Crippen LogP contribution in [-0.2, 0) is 24.8 Å². The Morgan fingerprint density at radius 2 is 2.37 bits per heavy atom. The first-order valence-electron chi connectivity index (χ1n) is 5.91. The third-order valence-corrected chi connectivity index (χ3v) is 3.38. The molecule has 0 saturated heterocycles. The topological polar surface area (TPSA) is 84.7 Å². The number of aryl methyl sites for hydroxylation is 1. The Labute approximate surface area is 115 Å². The van der Waals surface area contributed by atoms with Crippen LogP contribution in [0.15, 0.2) is 12.5 Å². The molecule has 2 rings (SSSR count). The quantitative estimate of drug-likeness (QED) is 0.755. The number of carbonyl (C=O) groups excluding carboxylic acids is 1. The fourth-order valence-electron chi connectivity index (χ4n) is 1.54. The molecule has 0 spiro atoms. The maximum Gasteiger partial charge on any atom is 0.223 e. The number of thiazole rings is 1. The molecule has 102 valence electrons. The zero-order valence-corrected chi connectivity index (χ0v) is 11.7. The molecule has 7 nitrogen and oxygen atoms in total.